The molecule has 20 heavy (non-hydrogen) atoms. The summed E-state index contributed by atoms with van der Waals surface area (Å²) in [5.74, 6) is -0.223. The van der Waals surface area contributed by atoms with E-state index in [2.05, 4.69) is 22.0 Å². The summed E-state index contributed by atoms with van der Waals surface area (Å²) in [4.78, 5) is 11.9. The van der Waals surface area contributed by atoms with Crippen molar-refractivity contribution in [2.45, 2.75) is 32.1 Å². The second-order valence-electron chi connectivity index (χ2n) is 4.92. The number of carbonyl (C=O) groups excluding carboxylic acids is 1. The van der Waals surface area contributed by atoms with Crippen molar-refractivity contribution in [2.24, 2.45) is 5.92 Å². The molecular weight excluding hydrogens is 318 g/mol. The summed E-state index contributed by atoms with van der Waals surface area (Å²) in [6.45, 7) is 0. The summed E-state index contributed by atoms with van der Waals surface area (Å²) in [6, 6.07) is 9.39. The highest BCUT2D eigenvalue weighted by Gasteiger charge is 2.22. The first-order valence-corrected chi connectivity index (χ1v) is 7.56. The molecule has 0 saturated heterocycles. The molecule has 0 heterocycles. The van der Waals surface area contributed by atoms with E-state index < -0.39 is 0 Å². The molecule has 2 rings (SSSR count). The van der Waals surface area contributed by atoms with Gasteiger partial charge in [0.05, 0.1) is 11.5 Å². The van der Waals surface area contributed by atoms with Gasteiger partial charge in [-0.2, -0.15) is 5.26 Å². The molecule has 3 nitrogen and oxygen atoms in total. The number of hydrogen-bond donors (Lipinski definition) is 0. The number of nitrogens with zero attached hydrogens (tertiary/aromatic N) is 1. The molecule has 1 aliphatic carbocycles. The number of ether oxygens (including phenoxy) is 1. The van der Waals surface area contributed by atoms with Gasteiger partial charge in [0.15, 0.2) is 0 Å². The Labute approximate surface area is 127 Å². The summed E-state index contributed by atoms with van der Waals surface area (Å²) < 4.78 is 6.13. The maximum atomic E-state index is 11.9. The van der Waals surface area contributed by atoms with Crippen LogP contribution in [0.2, 0.25) is 0 Å². The average Bonchev–Trinajstić information content (AvgIpc) is 2.50. The summed E-state index contributed by atoms with van der Waals surface area (Å²) >= 11 is 3.34. The molecule has 1 saturated carbocycles. The zero-order valence-electron chi connectivity index (χ0n) is 11.1. The number of hydrogen-bond acceptors (Lipinski definition) is 3. The van der Waals surface area contributed by atoms with Crippen molar-refractivity contribution in [3.63, 3.8) is 0 Å². The van der Waals surface area contributed by atoms with E-state index >= 15 is 0 Å². The number of carbonyl (C=O) groups is 1. The van der Waals surface area contributed by atoms with E-state index in [4.69, 9.17) is 10.00 Å². The average molecular weight is 334 g/mol. The van der Waals surface area contributed by atoms with Crippen molar-refractivity contribution < 1.29 is 9.53 Å². The molecule has 0 aromatic heterocycles. The highest BCUT2D eigenvalue weighted by atomic mass is 79.9. The van der Waals surface area contributed by atoms with Crippen LogP contribution >= 0.6 is 15.9 Å². The van der Waals surface area contributed by atoms with Gasteiger partial charge in [0.2, 0.25) is 0 Å². The second-order valence-corrected chi connectivity index (χ2v) is 5.84. The van der Waals surface area contributed by atoms with Gasteiger partial charge >= 0.3 is 5.97 Å². The Kier molecular flexibility index (Phi) is 5.37. The highest BCUT2D eigenvalue weighted by Crippen LogP contribution is 2.25. The van der Waals surface area contributed by atoms with Crippen LogP contribution in [0.5, 0.6) is 0 Å². The van der Waals surface area contributed by atoms with Gasteiger partial charge in [-0.25, -0.2) is 0 Å². The van der Waals surface area contributed by atoms with Gasteiger partial charge in [-0.15, -0.1) is 0 Å². The van der Waals surface area contributed by atoms with Crippen LogP contribution in [0.3, 0.4) is 0 Å². The third-order valence-corrected chi connectivity index (χ3v) is 4.04. The lowest BCUT2D eigenvalue weighted by Crippen LogP contribution is -2.18. The Balaban J connectivity index is 2.02. The van der Waals surface area contributed by atoms with Crippen LogP contribution in [0.25, 0.3) is 5.57 Å². The number of halogens is 1. The number of esters is 1. The van der Waals surface area contributed by atoms with Crippen LogP contribution in [-0.2, 0) is 9.53 Å². The molecule has 0 bridgehead atoms. The van der Waals surface area contributed by atoms with E-state index in [1.54, 1.807) is 0 Å². The molecule has 4 heteroatoms. The molecule has 104 valence electrons. The van der Waals surface area contributed by atoms with Gasteiger partial charge in [0.25, 0.3) is 0 Å². The fourth-order valence-electron chi connectivity index (χ4n) is 2.34. The Morgan fingerprint density at radius 2 is 1.90 bits per heavy atom. The Morgan fingerprint density at radius 3 is 2.50 bits per heavy atom. The molecule has 1 aromatic carbocycles. The van der Waals surface area contributed by atoms with Crippen LogP contribution in [0.4, 0.5) is 0 Å². The minimum Gasteiger partial charge on any atom is -0.433 e. The molecule has 0 aliphatic heterocycles. The number of rotatable bonds is 3. The third kappa shape index (κ3) is 3.94. The van der Waals surface area contributed by atoms with Crippen molar-refractivity contribution >= 4 is 27.5 Å². The number of allylic oxidation sites excluding steroid dienone is 1. The summed E-state index contributed by atoms with van der Waals surface area (Å²) in [7, 11) is 0. The van der Waals surface area contributed by atoms with E-state index in [-0.39, 0.29) is 11.9 Å². The molecule has 1 aliphatic rings. The zero-order chi connectivity index (χ0) is 14.4. The first-order chi connectivity index (χ1) is 9.70. The van der Waals surface area contributed by atoms with Crippen LogP contribution in [-0.4, -0.2) is 5.97 Å². The second kappa shape index (κ2) is 7.25. The molecule has 0 N–H and O–H groups in total. The van der Waals surface area contributed by atoms with Gasteiger partial charge in [-0.05, 0) is 30.5 Å². The molecule has 0 spiro atoms. The van der Waals surface area contributed by atoms with Gasteiger partial charge in [-0.1, -0.05) is 47.3 Å². The predicted molar refractivity (Wildman–Crippen MR) is 80.4 cm³/mol. The normalized spacial score (nSPS) is 16.5. The molecule has 0 amide bonds. The Bertz CT molecular complexity index is 537. The van der Waals surface area contributed by atoms with Crippen molar-refractivity contribution in [1.29, 1.82) is 5.26 Å². The van der Waals surface area contributed by atoms with Crippen LogP contribution in [0, 0.1) is 17.2 Å². The van der Waals surface area contributed by atoms with Crippen molar-refractivity contribution in [3.05, 3.63) is 40.6 Å². The maximum Gasteiger partial charge on any atom is 0.313 e. The Morgan fingerprint density at radius 1 is 1.25 bits per heavy atom. The van der Waals surface area contributed by atoms with Crippen molar-refractivity contribution in [3.8, 4) is 6.07 Å². The minimum absolute atomic E-state index is 0.00939. The van der Waals surface area contributed by atoms with E-state index in [9.17, 15) is 4.79 Å². The number of benzene rings is 1. The molecule has 1 aromatic rings. The monoisotopic (exact) mass is 333 g/mol. The maximum absolute atomic E-state index is 11.9. The summed E-state index contributed by atoms with van der Waals surface area (Å²) in [5.41, 5.74) is 1.11. The lowest BCUT2D eigenvalue weighted by atomic mass is 9.89. The standard InChI is InChI=1S/C16H16BrNO2/c17-15-8-6-12(7-9-15)14(10-18)11-20-16(19)13-4-2-1-3-5-13/h6-9,11,13H,1-5H2. The van der Waals surface area contributed by atoms with E-state index in [0.717, 1.165) is 35.7 Å². The van der Waals surface area contributed by atoms with E-state index in [0.29, 0.717) is 5.57 Å². The fraction of sp³-hybridized carbons (Fsp3) is 0.375. The number of nitriles is 1. The van der Waals surface area contributed by atoms with Crippen molar-refractivity contribution in [2.75, 3.05) is 0 Å². The Hall–Kier alpha value is -1.60. The van der Waals surface area contributed by atoms with Crippen LogP contribution in [0.1, 0.15) is 37.7 Å². The first-order valence-electron chi connectivity index (χ1n) is 6.77. The molecule has 0 atom stereocenters. The lowest BCUT2D eigenvalue weighted by molar-refractivity contribution is -0.143. The smallest absolute Gasteiger partial charge is 0.313 e. The minimum atomic E-state index is -0.213. The van der Waals surface area contributed by atoms with Gasteiger partial charge in [-0.3, -0.25) is 4.79 Å². The van der Waals surface area contributed by atoms with Gasteiger partial charge in [0, 0.05) is 4.47 Å². The lowest BCUT2D eigenvalue weighted by Gasteiger charge is -2.18. The largest absolute Gasteiger partial charge is 0.433 e. The zero-order valence-corrected chi connectivity index (χ0v) is 12.7. The van der Waals surface area contributed by atoms with Gasteiger partial charge < -0.3 is 4.74 Å². The van der Waals surface area contributed by atoms with Gasteiger partial charge in [0.1, 0.15) is 12.3 Å². The van der Waals surface area contributed by atoms with E-state index in [1.165, 1.54) is 12.7 Å². The highest BCUT2D eigenvalue weighted by molar-refractivity contribution is 9.10. The topological polar surface area (TPSA) is 50.1 Å². The van der Waals surface area contributed by atoms with Crippen LogP contribution < -0.4 is 0 Å². The molecular formula is C16H16BrNO2. The summed E-state index contributed by atoms with van der Waals surface area (Å²) in [5, 5.41) is 9.15. The third-order valence-electron chi connectivity index (χ3n) is 3.51. The SMILES string of the molecule is N#CC(=COC(=O)C1CCCCC1)c1ccc(Br)cc1. The molecule has 0 radical (unpaired) electrons. The quantitative estimate of drug-likeness (QED) is 0.466. The van der Waals surface area contributed by atoms with Crippen LogP contribution in [0.15, 0.2) is 35.0 Å². The predicted octanol–water partition coefficient (Wildman–Crippen LogP) is 4.44. The van der Waals surface area contributed by atoms with Crippen molar-refractivity contribution in [1.82, 2.24) is 0 Å². The molecule has 1 fully saturated rings. The molecule has 0 unspecified atom stereocenters. The first kappa shape index (κ1) is 14.8. The van der Waals surface area contributed by atoms with E-state index in [1.807, 2.05) is 24.3 Å². The fourth-order valence-corrected chi connectivity index (χ4v) is 2.60. The summed E-state index contributed by atoms with van der Waals surface area (Å²) in [6.07, 6.45) is 6.43.